The second-order valence-electron chi connectivity index (χ2n) is 7.37. The fraction of sp³-hybridized carbons (Fsp3) is 0.333. The van der Waals surface area contributed by atoms with Crippen molar-refractivity contribution in [3.05, 3.63) is 60.3 Å². The molecule has 0 radical (unpaired) electrons. The van der Waals surface area contributed by atoms with Gasteiger partial charge in [0.1, 0.15) is 11.6 Å². The standard InChI is InChI=1S/C24H31N5O3/c1-5-14-32-29(20-12-13-22(30)21(15-20)28(3)4)24-25-16-18(17-31-6-2)23(27-24)26-19-10-8-7-9-11-19/h7-13,15-16,30H,5-6,14,17H2,1-4H3,(H,25,26,27). The maximum absolute atomic E-state index is 10.2. The van der Waals surface area contributed by atoms with Crippen molar-refractivity contribution in [2.45, 2.75) is 26.9 Å². The molecule has 0 fully saturated rings. The number of anilines is 5. The average Bonchev–Trinajstić information content (AvgIpc) is 2.80. The van der Waals surface area contributed by atoms with Crippen LogP contribution < -0.4 is 15.3 Å². The summed E-state index contributed by atoms with van der Waals surface area (Å²) >= 11 is 0. The predicted molar refractivity (Wildman–Crippen MR) is 128 cm³/mol. The van der Waals surface area contributed by atoms with Crippen LogP contribution in [0.2, 0.25) is 0 Å². The number of phenolic OH excluding ortho intramolecular Hbond substituents is 1. The summed E-state index contributed by atoms with van der Waals surface area (Å²) in [6, 6.07) is 15.1. The lowest BCUT2D eigenvalue weighted by molar-refractivity contribution is 0.130. The van der Waals surface area contributed by atoms with Crippen LogP contribution in [-0.4, -0.2) is 42.4 Å². The molecule has 0 bridgehead atoms. The van der Waals surface area contributed by atoms with Crippen LogP contribution >= 0.6 is 0 Å². The van der Waals surface area contributed by atoms with Crippen LogP contribution in [0.3, 0.4) is 0 Å². The number of hydrogen-bond acceptors (Lipinski definition) is 8. The summed E-state index contributed by atoms with van der Waals surface area (Å²) in [5, 5.41) is 15.2. The highest BCUT2D eigenvalue weighted by atomic mass is 16.7. The molecule has 32 heavy (non-hydrogen) atoms. The molecule has 0 amide bonds. The van der Waals surface area contributed by atoms with E-state index < -0.39 is 0 Å². The van der Waals surface area contributed by atoms with Gasteiger partial charge < -0.3 is 20.1 Å². The molecule has 0 aliphatic heterocycles. The lowest BCUT2D eigenvalue weighted by Crippen LogP contribution is -2.22. The molecule has 8 nitrogen and oxygen atoms in total. The maximum atomic E-state index is 10.2. The number of phenols is 1. The molecule has 1 aromatic heterocycles. The van der Waals surface area contributed by atoms with Crippen LogP contribution in [0.25, 0.3) is 0 Å². The molecule has 1 heterocycles. The van der Waals surface area contributed by atoms with Crippen LogP contribution in [0.5, 0.6) is 5.75 Å². The highest BCUT2D eigenvalue weighted by Gasteiger charge is 2.18. The van der Waals surface area contributed by atoms with Gasteiger partial charge in [0.2, 0.25) is 0 Å². The number of ether oxygens (including phenoxy) is 1. The van der Waals surface area contributed by atoms with E-state index in [1.54, 1.807) is 23.4 Å². The molecule has 0 aliphatic rings. The van der Waals surface area contributed by atoms with E-state index in [2.05, 4.69) is 10.3 Å². The van der Waals surface area contributed by atoms with E-state index in [4.69, 9.17) is 14.6 Å². The highest BCUT2D eigenvalue weighted by Crippen LogP contribution is 2.34. The van der Waals surface area contributed by atoms with Gasteiger partial charge in [-0.15, -0.1) is 0 Å². The monoisotopic (exact) mass is 437 g/mol. The number of aromatic nitrogens is 2. The summed E-state index contributed by atoms with van der Waals surface area (Å²) in [6.07, 6.45) is 2.57. The number of nitrogens with zero attached hydrogens (tertiary/aromatic N) is 4. The van der Waals surface area contributed by atoms with E-state index in [-0.39, 0.29) is 5.75 Å². The number of aromatic hydroxyl groups is 1. The Balaban J connectivity index is 2.02. The van der Waals surface area contributed by atoms with E-state index in [0.29, 0.717) is 43.0 Å². The molecule has 3 rings (SSSR count). The lowest BCUT2D eigenvalue weighted by Gasteiger charge is -2.24. The second kappa shape index (κ2) is 11.3. The van der Waals surface area contributed by atoms with Gasteiger partial charge in [-0.05, 0) is 43.7 Å². The lowest BCUT2D eigenvalue weighted by atomic mass is 10.2. The molecule has 3 aromatic rings. The van der Waals surface area contributed by atoms with Crippen LogP contribution in [0.1, 0.15) is 25.8 Å². The second-order valence-corrected chi connectivity index (χ2v) is 7.37. The molecular formula is C24H31N5O3. The smallest absolute Gasteiger partial charge is 0.256 e. The van der Waals surface area contributed by atoms with E-state index in [0.717, 1.165) is 17.7 Å². The van der Waals surface area contributed by atoms with E-state index >= 15 is 0 Å². The summed E-state index contributed by atoms with van der Waals surface area (Å²) in [4.78, 5) is 17.2. The Labute approximate surface area is 189 Å². The third-order valence-electron chi connectivity index (χ3n) is 4.63. The largest absolute Gasteiger partial charge is 0.506 e. The first kappa shape index (κ1) is 23.3. The molecule has 0 atom stereocenters. The number of para-hydroxylation sites is 1. The molecule has 170 valence electrons. The maximum Gasteiger partial charge on any atom is 0.256 e. The molecule has 0 unspecified atom stereocenters. The van der Waals surface area contributed by atoms with Crippen molar-refractivity contribution in [1.82, 2.24) is 9.97 Å². The summed E-state index contributed by atoms with van der Waals surface area (Å²) < 4.78 is 5.60. The van der Waals surface area contributed by atoms with Crippen molar-refractivity contribution < 1.29 is 14.7 Å². The molecular weight excluding hydrogens is 406 g/mol. The minimum absolute atomic E-state index is 0.189. The van der Waals surface area contributed by atoms with Crippen molar-refractivity contribution in [3.63, 3.8) is 0 Å². The first-order valence-electron chi connectivity index (χ1n) is 10.7. The van der Waals surface area contributed by atoms with Crippen LogP contribution in [0.15, 0.2) is 54.7 Å². The van der Waals surface area contributed by atoms with Crippen molar-refractivity contribution in [3.8, 4) is 5.75 Å². The van der Waals surface area contributed by atoms with E-state index in [1.165, 1.54) is 0 Å². The van der Waals surface area contributed by atoms with Crippen LogP contribution in [0, 0.1) is 0 Å². The fourth-order valence-electron chi connectivity index (χ4n) is 3.01. The Morgan fingerprint density at radius 3 is 2.53 bits per heavy atom. The minimum Gasteiger partial charge on any atom is -0.506 e. The van der Waals surface area contributed by atoms with Gasteiger partial charge in [0.05, 0.1) is 24.6 Å². The van der Waals surface area contributed by atoms with Gasteiger partial charge in [0.15, 0.2) is 0 Å². The van der Waals surface area contributed by atoms with Gasteiger partial charge in [-0.3, -0.25) is 4.84 Å². The molecule has 8 heteroatoms. The van der Waals surface area contributed by atoms with Gasteiger partial charge in [0, 0.05) is 38.1 Å². The van der Waals surface area contributed by atoms with Gasteiger partial charge in [-0.25, -0.2) is 4.98 Å². The zero-order chi connectivity index (χ0) is 22.9. The molecule has 0 spiro atoms. The molecule has 2 aromatic carbocycles. The van der Waals surface area contributed by atoms with Crippen LogP contribution in [-0.2, 0) is 16.2 Å². The number of nitrogens with one attached hydrogen (secondary N) is 1. The summed E-state index contributed by atoms with van der Waals surface area (Å²) in [7, 11) is 3.74. The fourth-order valence-corrected chi connectivity index (χ4v) is 3.01. The Morgan fingerprint density at radius 1 is 1.06 bits per heavy atom. The number of benzene rings is 2. The molecule has 0 saturated carbocycles. The quantitative estimate of drug-likeness (QED) is 0.405. The predicted octanol–water partition coefficient (Wildman–Crippen LogP) is 5.01. The molecule has 0 saturated heterocycles. The van der Waals surface area contributed by atoms with Crippen molar-refractivity contribution in [2.75, 3.05) is 42.6 Å². The zero-order valence-corrected chi connectivity index (χ0v) is 19.1. The van der Waals surface area contributed by atoms with Gasteiger partial charge in [-0.1, -0.05) is 25.1 Å². The summed E-state index contributed by atoms with van der Waals surface area (Å²) in [5.74, 6) is 1.22. The average molecular weight is 438 g/mol. The van der Waals surface area contributed by atoms with Gasteiger partial charge in [-0.2, -0.15) is 10.0 Å². The molecule has 2 N–H and O–H groups in total. The Morgan fingerprint density at radius 2 is 1.84 bits per heavy atom. The summed E-state index contributed by atoms with van der Waals surface area (Å²) in [5.41, 5.74) is 3.14. The van der Waals surface area contributed by atoms with Crippen LogP contribution in [0.4, 0.5) is 28.8 Å². The highest BCUT2D eigenvalue weighted by molar-refractivity contribution is 5.69. The topological polar surface area (TPSA) is 83.0 Å². The SMILES string of the molecule is CCCON(c1ccc(O)c(N(C)C)c1)c1ncc(COCC)c(Nc2ccccc2)n1. The normalized spacial score (nSPS) is 10.8. The number of rotatable bonds is 11. The molecule has 0 aliphatic carbocycles. The first-order chi connectivity index (χ1) is 15.5. The van der Waals surface area contributed by atoms with Crippen molar-refractivity contribution in [1.29, 1.82) is 0 Å². The minimum atomic E-state index is 0.189. The van der Waals surface area contributed by atoms with E-state index in [1.807, 2.05) is 69.2 Å². The Hall–Kier alpha value is -3.36. The number of hydrogen-bond donors (Lipinski definition) is 2. The Bertz CT molecular complexity index is 998. The van der Waals surface area contributed by atoms with Crippen molar-refractivity contribution in [2.24, 2.45) is 0 Å². The third-order valence-corrected chi connectivity index (χ3v) is 4.63. The zero-order valence-electron chi connectivity index (χ0n) is 19.1. The summed E-state index contributed by atoms with van der Waals surface area (Å²) in [6.45, 7) is 5.47. The van der Waals surface area contributed by atoms with Gasteiger partial charge in [0.25, 0.3) is 5.95 Å². The first-order valence-corrected chi connectivity index (χ1v) is 10.7. The Kier molecular flexibility index (Phi) is 8.24. The van der Waals surface area contributed by atoms with Gasteiger partial charge >= 0.3 is 0 Å². The van der Waals surface area contributed by atoms with Crippen molar-refractivity contribution >= 4 is 28.8 Å². The van der Waals surface area contributed by atoms with E-state index in [9.17, 15) is 5.11 Å². The third kappa shape index (κ3) is 5.87.